The number of hydrogen-bond donors (Lipinski definition) is 1. The minimum absolute atomic E-state index is 0.526. The van der Waals surface area contributed by atoms with Gasteiger partial charge in [0.1, 0.15) is 0 Å². The summed E-state index contributed by atoms with van der Waals surface area (Å²) in [6.45, 7) is 1.69. The van der Waals surface area contributed by atoms with Crippen LogP contribution in [0.4, 0.5) is 0 Å². The maximum atomic E-state index is 9.41. The van der Waals surface area contributed by atoms with E-state index in [9.17, 15) is 5.11 Å². The molecule has 0 aliphatic heterocycles. The number of nitrogens with zero attached hydrogens (tertiary/aromatic N) is 2. The van der Waals surface area contributed by atoms with Crippen molar-refractivity contribution in [3.63, 3.8) is 0 Å². The van der Waals surface area contributed by atoms with Crippen molar-refractivity contribution in [3.05, 3.63) is 46.2 Å². The number of aliphatic hydroxyl groups is 1. The first-order chi connectivity index (χ1) is 7.58. The van der Waals surface area contributed by atoms with Gasteiger partial charge in [-0.15, -0.1) is 0 Å². The Morgan fingerprint density at radius 1 is 1.38 bits per heavy atom. The first-order valence-corrected chi connectivity index (χ1v) is 5.51. The highest BCUT2D eigenvalue weighted by Gasteiger charge is 2.08. The van der Waals surface area contributed by atoms with Crippen LogP contribution in [0.25, 0.3) is 5.69 Å². The molecule has 3 nitrogen and oxygen atoms in total. The normalized spacial score (nSPS) is 12.8. The van der Waals surface area contributed by atoms with Crippen LogP contribution in [0.5, 0.6) is 0 Å². The standard InChI is InChI=1S/C11H10Cl2N2O/c1-7(16)8-2-3-11(10(13)4-8)15-6-9(12)5-14-15/h2-7,16H,1H3. The summed E-state index contributed by atoms with van der Waals surface area (Å²) in [6.07, 6.45) is 2.68. The molecule has 0 fully saturated rings. The Labute approximate surface area is 103 Å². The molecule has 1 N–H and O–H groups in total. The van der Waals surface area contributed by atoms with E-state index in [1.54, 1.807) is 36.1 Å². The molecule has 0 saturated heterocycles. The van der Waals surface area contributed by atoms with Crippen molar-refractivity contribution in [1.82, 2.24) is 9.78 Å². The van der Waals surface area contributed by atoms with Crippen LogP contribution in [0.1, 0.15) is 18.6 Å². The summed E-state index contributed by atoms with van der Waals surface area (Å²) in [6, 6.07) is 5.33. The quantitative estimate of drug-likeness (QED) is 0.896. The fraction of sp³-hybridized carbons (Fsp3) is 0.182. The van der Waals surface area contributed by atoms with Crippen LogP contribution in [0.15, 0.2) is 30.6 Å². The first-order valence-electron chi connectivity index (χ1n) is 4.76. The minimum atomic E-state index is -0.534. The van der Waals surface area contributed by atoms with E-state index in [0.717, 1.165) is 11.3 Å². The number of aliphatic hydroxyl groups excluding tert-OH is 1. The van der Waals surface area contributed by atoms with Gasteiger partial charge in [-0.2, -0.15) is 5.10 Å². The minimum Gasteiger partial charge on any atom is -0.389 e. The van der Waals surface area contributed by atoms with Crippen molar-refractivity contribution in [1.29, 1.82) is 0 Å². The number of aromatic nitrogens is 2. The van der Waals surface area contributed by atoms with Gasteiger partial charge in [0.25, 0.3) is 0 Å². The van der Waals surface area contributed by atoms with E-state index in [4.69, 9.17) is 23.2 Å². The van der Waals surface area contributed by atoms with Crippen molar-refractivity contribution < 1.29 is 5.11 Å². The third-order valence-electron chi connectivity index (χ3n) is 2.25. The average molecular weight is 257 g/mol. The molecule has 16 heavy (non-hydrogen) atoms. The summed E-state index contributed by atoms with van der Waals surface area (Å²) in [4.78, 5) is 0. The first kappa shape index (κ1) is 11.5. The SMILES string of the molecule is CC(O)c1ccc(-n2cc(Cl)cn2)c(Cl)c1. The maximum absolute atomic E-state index is 9.41. The summed E-state index contributed by atoms with van der Waals surface area (Å²) in [5, 5.41) is 14.5. The van der Waals surface area contributed by atoms with E-state index in [-0.39, 0.29) is 0 Å². The molecule has 1 atom stereocenters. The monoisotopic (exact) mass is 256 g/mol. The number of hydrogen-bond acceptors (Lipinski definition) is 2. The van der Waals surface area contributed by atoms with Crippen molar-refractivity contribution in [2.75, 3.05) is 0 Å². The molecule has 0 aliphatic carbocycles. The second-order valence-electron chi connectivity index (χ2n) is 3.49. The van der Waals surface area contributed by atoms with Gasteiger partial charge in [-0.05, 0) is 24.6 Å². The van der Waals surface area contributed by atoms with Crippen LogP contribution in [0.3, 0.4) is 0 Å². The van der Waals surface area contributed by atoms with E-state index in [0.29, 0.717) is 10.0 Å². The molecule has 1 aromatic carbocycles. The third-order valence-corrected chi connectivity index (χ3v) is 2.75. The number of halogens is 2. The van der Waals surface area contributed by atoms with Crippen LogP contribution in [-0.2, 0) is 0 Å². The third kappa shape index (κ3) is 2.21. The molecule has 0 spiro atoms. The molecule has 0 bridgehead atoms. The van der Waals surface area contributed by atoms with Gasteiger partial charge in [-0.3, -0.25) is 0 Å². The smallest absolute Gasteiger partial charge is 0.0832 e. The van der Waals surface area contributed by atoms with Crippen LogP contribution in [0, 0.1) is 0 Å². The van der Waals surface area contributed by atoms with Crippen molar-refractivity contribution >= 4 is 23.2 Å². The zero-order valence-electron chi connectivity index (χ0n) is 8.56. The fourth-order valence-corrected chi connectivity index (χ4v) is 1.81. The molecule has 84 valence electrons. The largest absolute Gasteiger partial charge is 0.389 e. The number of rotatable bonds is 2. The van der Waals surface area contributed by atoms with Crippen molar-refractivity contribution in [3.8, 4) is 5.69 Å². The Hall–Kier alpha value is -1.03. The maximum Gasteiger partial charge on any atom is 0.0832 e. The highest BCUT2D eigenvalue weighted by molar-refractivity contribution is 6.32. The summed E-state index contributed by atoms with van der Waals surface area (Å²) in [5.74, 6) is 0. The summed E-state index contributed by atoms with van der Waals surface area (Å²) < 4.78 is 1.59. The molecule has 1 aromatic heterocycles. The van der Waals surface area contributed by atoms with E-state index < -0.39 is 6.10 Å². The summed E-state index contributed by atoms with van der Waals surface area (Å²) in [7, 11) is 0. The second kappa shape index (κ2) is 4.45. The van der Waals surface area contributed by atoms with E-state index in [1.807, 2.05) is 6.07 Å². The lowest BCUT2D eigenvalue weighted by atomic mass is 10.1. The molecule has 0 saturated carbocycles. The second-order valence-corrected chi connectivity index (χ2v) is 4.33. The molecule has 1 unspecified atom stereocenters. The Bertz CT molecular complexity index is 508. The Balaban J connectivity index is 2.44. The fourth-order valence-electron chi connectivity index (χ4n) is 1.40. The molecule has 0 radical (unpaired) electrons. The molecule has 0 amide bonds. The van der Waals surface area contributed by atoms with Crippen LogP contribution < -0.4 is 0 Å². The Kier molecular flexibility index (Phi) is 3.19. The van der Waals surface area contributed by atoms with Crippen LogP contribution >= 0.6 is 23.2 Å². The zero-order chi connectivity index (χ0) is 11.7. The van der Waals surface area contributed by atoms with Gasteiger partial charge in [-0.1, -0.05) is 29.3 Å². The molecule has 1 heterocycles. The topological polar surface area (TPSA) is 38.0 Å². The summed E-state index contributed by atoms with van der Waals surface area (Å²) >= 11 is 11.9. The summed E-state index contributed by atoms with van der Waals surface area (Å²) in [5.41, 5.74) is 1.50. The molecule has 2 rings (SSSR count). The lowest BCUT2D eigenvalue weighted by Gasteiger charge is -2.08. The Morgan fingerprint density at radius 2 is 2.12 bits per heavy atom. The predicted molar refractivity (Wildman–Crippen MR) is 64.2 cm³/mol. The Morgan fingerprint density at radius 3 is 2.62 bits per heavy atom. The van der Waals surface area contributed by atoms with Crippen LogP contribution in [0.2, 0.25) is 10.0 Å². The average Bonchev–Trinajstić information content (AvgIpc) is 2.64. The van der Waals surface area contributed by atoms with Gasteiger partial charge >= 0.3 is 0 Å². The molecule has 2 aromatic rings. The highest BCUT2D eigenvalue weighted by atomic mass is 35.5. The van der Waals surface area contributed by atoms with Gasteiger partial charge in [0, 0.05) is 6.20 Å². The molecular weight excluding hydrogens is 247 g/mol. The van der Waals surface area contributed by atoms with Crippen LogP contribution in [-0.4, -0.2) is 14.9 Å². The lowest BCUT2D eigenvalue weighted by Crippen LogP contribution is -1.97. The van der Waals surface area contributed by atoms with Gasteiger partial charge in [0.2, 0.25) is 0 Å². The lowest BCUT2D eigenvalue weighted by molar-refractivity contribution is 0.199. The van der Waals surface area contributed by atoms with Crippen molar-refractivity contribution in [2.45, 2.75) is 13.0 Å². The predicted octanol–water partition coefficient (Wildman–Crippen LogP) is 3.23. The van der Waals surface area contributed by atoms with E-state index in [1.165, 1.54) is 0 Å². The van der Waals surface area contributed by atoms with Gasteiger partial charge in [0.15, 0.2) is 0 Å². The van der Waals surface area contributed by atoms with Gasteiger partial charge < -0.3 is 5.11 Å². The van der Waals surface area contributed by atoms with Gasteiger partial charge in [0.05, 0.1) is 28.0 Å². The highest BCUT2D eigenvalue weighted by Crippen LogP contribution is 2.25. The molecule has 5 heteroatoms. The van der Waals surface area contributed by atoms with E-state index >= 15 is 0 Å². The number of benzene rings is 1. The molecule has 0 aliphatic rings. The van der Waals surface area contributed by atoms with Gasteiger partial charge in [-0.25, -0.2) is 4.68 Å². The van der Waals surface area contributed by atoms with Crippen molar-refractivity contribution in [2.24, 2.45) is 0 Å². The molecular formula is C11H10Cl2N2O. The zero-order valence-corrected chi connectivity index (χ0v) is 10.1. The van der Waals surface area contributed by atoms with E-state index in [2.05, 4.69) is 5.10 Å².